The molecule has 1 fully saturated rings. The molecule has 26 heavy (non-hydrogen) atoms. The Kier molecular flexibility index (Phi) is 5.02. The highest BCUT2D eigenvalue weighted by atomic mass is 19.1. The molecule has 2 aromatic heterocycles. The first kappa shape index (κ1) is 16.9. The number of likely N-dealkylation sites (tertiary alicyclic amines) is 1. The van der Waals surface area contributed by atoms with Crippen LogP contribution in [0.15, 0.2) is 67.0 Å². The van der Waals surface area contributed by atoms with E-state index in [0.29, 0.717) is 12.5 Å². The van der Waals surface area contributed by atoms with Gasteiger partial charge in [0.05, 0.1) is 11.7 Å². The predicted octanol–water partition coefficient (Wildman–Crippen LogP) is 4.54. The van der Waals surface area contributed by atoms with Crippen molar-refractivity contribution in [1.29, 1.82) is 0 Å². The number of hydrogen-bond donors (Lipinski definition) is 0. The molecule has 132 valence electrons. The molecule has 3 aromatic rings. The zero-order valence-electron chi connectivity index (χ0n) is 14.7. The Morgan fingerprint density at radius 3 is 2.69 bits per heavy atom. The van der Waals surface area contributed by atoms with Crippen LogP contribution < -0.4 is 0 Å². The number of nitrogens with zero attached hydrogens (tertiary/aromatic N) is 3. The molecule has 0 radical (unpaired) electrons. The van der Waals surface area contributed by atoms with Crippen molar-refractivity contribution < 1.29 is 4.39 Å². The van der Waals surface area contributed by atoms with E-state index in [2.05, 4.69) is 34.1 Å². The van der Waals surface area contributed by atoms with Gasteiger partial charge in [-0.2, -0.15) is 0 Å². The minimum Gasteiger partial charge on any atom is -0.291 e. The van der Waals surface area contributed by atoms with Gasteiger partial charge in [0.15, 0.2) is 0 Å². The van der Waals surface area contributed by atoms with E-state index >= 15 is 0 Å². The van der Waals surface area contributed by atoms with E-state index in [0.717, 1.165) is 36.5 Å². The van der Waals surface area contributed by atoms with Gasteiger partial charge in [-0.25, -0.2) is 4.39 Å². The fourth-order valence-electron chi connectivity index (χ4n) is 3.71. The van der Waals surface area contributed by atoms with Crippen LogP contribution in [-0.2, 0) is 13.0 Å². The monoisotopic (exact) mass is 347 g/mol. The molecule has 0 bridgehead atoms. The summed E-state index contributed by atoms with van der Waals surface area (Å²) in [5, 5.41) is 0. The summed E-state index contributed by atoms with van der Waals surface area (Å²) in [5.41, 5.74) is 4.34. The molecule has 1 saturated heterocycles. The van der Waals surface area contributed by atoms with Gasteiger partial charge in [0, 0.05) is 31.1 Å². The first-order chi connectivity index (χ1) is 12.8. The topological polar surface area (TPSA) is 29.0 Å². The summed E-state index contributed by atoms with van der Waals surface area (Å²) < 4.78 is 13.4. The van der Waals surface area contributed by atoms with Crippen LogP contribution in [0.25, 0.3) is 0 Å². The summed E-state index contributed by atoms with van der Waals surface area (Å²) in [7, 11) is 0. The van der Waals surface area contributed by atoms with Gasteiger partial charge in [-0.05, 0) is 66.9 Å². The van der Waals surface area contributed by atoms with Crippen molar-refractivity contribution in [2.75, 3.05) is 6.54 Å². The Balaban J connectivity index is 1.51. The zero-order valence-corrected chi connectivity index (χ0v) is 14.7. The number of halogens is 1. The van der Waals surface area contributed by atoms with Crippen LogP contribution in [0.3, 0.4) is 0 Å². The molecule has 0 N–H and O–H groups in total. The lowest BCUT2D eigenvalue weighted by Crippen LogP contribution is -2.23. The summed E-state index contributed by atoms with van der Waals surface area (Å²) in [6.07, 6.45) is 6.66. The SMILES string of the molecule is Fc1cccc(Cc2cccc([C@H]3CCCN3Cc3ccncc3)n2)c1. The first-order valence-electron chi connectivity index (χ1n) is 9.11. The molecule has 0 saturated carbocycles. The quantitative estimate of drug-likeness (QED) is 0.678. The molecule has 1 aliphatic heterocycles. The number of aromatic nitrogens is 2. The molecule has 1 aromatic carbocycles. The van der Waals surface area contributed by atoms with E-state index in [1.807, 2.05) is 24.5 Å². The predicted molar refractivity (Wildman–Crippen MR) is 100 cm³/mol. The van der Waals surface area contributed by atoms with Crippen LogP contribution in [-0.4, -0.2) is 21.4 Å². The van der Waals surface area contributed by atoms with Gasteiger partial charge in [0.2, 0.25) is 0 Å². The second-order valence-corrected chi connectivity index (χ2v) is 6.84. The van der Waals surface area contributed by atoms with E-state index < -0.39 is 0 Å². The molecule has 0 amide bonds. The van der Waals surface area contributed by atoms with Gasteiger partial charge >= 0.3 is 0 Å². The Bertz CT molecular complexity index is 866. The standard InChI is InChI=1S/C22H22FN3/c23-19-5-1-4-18(14-19)15-20-6-2-7-21(25-20)22-8-3-13-26(22)16-17-9-11-24-12-10-17/h1-2,4-7,9-12,14,22H,3,8,13,15-16H2/t22-/m1/s1. The number of hydrogen-bond acceptors (Lipinski definition) is 3. The van der Waals surface area contributed by atoms with Crippen molar-refractivity contribution in [2.24, 2.45) is 0 Å². The van der Waals surface area contributed by atoms with Gasteiger partial charge in [-0.3, -0.25) is 14.9 Å². The molecule has 0 unspecified atom stereocenters. The Hall–Kier alpha value is -2.59. The average Bonchev–Trinajstić information content (AvgIpc) is 3.11. The van der Waals surface area contributed by atoms with Crippen LogP contribution in [0, 0.1) is 5.82 Å². The second kappa shape index (κ2) is 7.75. The smallest absolute Gasteiger partial charge is 0.123 e. The fraction of sp³-hybridized carbons (Fsp3) is 0.273. The third kappa shape index (κ3) is 3.97. The minimum atomic E-state index is -0.196. The molecule has 1 atom stereocenters. The lowest BCUT2D eigenvalue weighted by Gasteiger charge is -2.24. The minimum absolute atomic E-state index is 0.196. The highest BCUT2D eigenvalue weighted by molar-refractivity contribution is 5.24. The Labute approximate surface area is 153 Å². The maximum Gasteiger partial charge on any atom is 0.123 e. The molecule has 0 spiro atoms. The van der Waals surface area contributed by atoms with Crippen molar-refractivity contribution in [1.82, 2.24) is 14.9 Å². The summed E-state index contributed by atoms with van der Waals surface area (Å²) in [4.78, 5) is 11.5. The molecule has 3 nitrogen and oxygen atoms in total. The van der Waals surface area contributed by atoms with E-state index in [-0.39, 0.29) is 5.82 Å². The van der Waals surface area contributed by atoms with Crippen LogP contribution in [0.4, 0.5) is 4.39 Å². The van der Waals surface area contributed by atoms with Crippen LogP contribution in [0.5, 0.6) is 0 Å². The summed E-state index contributed by atoms with van der Waals surface area (Å²) in [6, 6.07) is 17.5. The summed E-state index contributed by atoms with van der Waals surface area (Å²) in [5.74, 6) is -0.196. The van der Waals surface area contributed by atoms with Gasteiger partial charge in [0.1, 0.15) is 5.82 Å². The zero-order chi connectivity index (χ0) is 17.8. The van der Waals surface area contributed by atoms with Gasteiger partial charge in [0.25, 0.3) is 0 Å². The molecule has 3 heterocycles. The average molecular weight is 347 g/mol. The van der Waals surface area contributed by atoms with Crippen LogP contribution in [0.2, 0.25) is 0 Å². The molecule has 4 heteroatoms. The number of benzene rings is 1. The number of rotatable bonds is 5. The molecule has 0 aliphatic carbocycles. The van der Waals surface area contributed by atoms with Gasteiger partial charge in [-0.15, -0.1) is 0 Å². The third-order valence-corrected chi connectivity index (χ3v) is 4.94. The van der Waals surface area contributed by atoms with Crippen molar-refractivity contribution in [3.05, 3.63) is 95.3 Å². The highest BCUT2D eigenvalue weighted by Crippen LogP contribution is 2.32. The Morgan fingerprint density at radius 2 is 1.85 bits per heavy atom. The first-order valence-corrected chi connectivity index (χ1v) is 9.11. The van der Waals surface area contributed by atoms with Gasteiger partial charge in [-0.1, -0.05) is 18.2 Å². The third-order valence-electron chi connectivity index (χ3n) is 4.94. The summed E-state index contributed by atoms with van der Waals surface area (Å²) >= 11 is 0. The number of pyridine rings is 2. The molecular formula is C22H22FN3. The van der Waals surface area contributed by atoms with Crippen molar-refractivity contribution >= 4 is 0 Å². The van der Waals surface area contributed by atoms with Crippen molar-refractivity contribution in [2.45, 2.75) is 31.8 Å². The molecular weight excluding hydrogens is 325 g/mol. The second-order valence-electron chi connectivity index (χ2n) is 6.84. The van der Waals surface area contributed by atoms with Crippen LogP contribution >= 0.6 is 0 Å². The highest BCUT2D eigenvalue weighted by Gasteiger charge is 2.27. The van der Waals surface area contributed by atoms with Gasteiger partial charge < -0.3 is 0 Å². The van der Waals surface area contributed by atoms with Crippen molar-refractivity contribution in [3.8, 4) is 0 Å². The van der Waals surface area contributed by atoms with E-state index in [1.165, 1.54) is 18.1 Å². The summed E-state index contributed by atoms with van der Waals surface area (Å²) in [6.45, 7) is 2.01. The lowest BCUT2D eigenvalue weighted by molar-refractivity contribution is 0.244. The van der Waals surface area contributed by atoms with Crippen LogP contribution in [0.1, 0.15) is 41.4 Å². The van der Waals surface area contributed by atoms with E-state index in [4.69, 9.17) is 4.98 Å². The lowest BCUT2D eigenvalue weighted by atomic mass is 10.1. The molecule has 1 aliphatic rings. The van der Waals surface area contributed by atoms with E-state index in [9.17, 15) is 4.39 Å². The van der Waals surface area contributed by atoms with E-state index in [1.54, 1.807) is 12.1 Å². The molecule has 4 rings (SSSR count). The van der Waals surface area contributed by atoms with Crippen molar-refractivity contribution in [3.63, 3.8) is 0 Å². The maximum absolute atomic E-state index is 13.4. The Morgan fingerprint density at radius 1 is 1.00 bits per heavy atom. The fourth-order valence-corrected chi connectivity index (χ4v) is 3.71. The normalized spacial score (nSPS) is 17.5. The maximum atomic E-state index is 13.4. The largest absolute Gasteiger partial charge is 0.291 e.